The molecule has 0 aliphatic carbocycles. The van der Waals surface area contributed by atoms with E-state index in [2.05, 4.69) is 5.32 Å². The third kappa shape index (κ3) is 2.94. The summed E-state index contributed by atoms with van der Waals surface area (Å²) in [5.74, 6) is -0.181. The molecule has 0 spiro atoms. The number of carbonyl (C=O) groups excluding carboxylic acids is 1. The van der Waals surface area contributed by atoms with Gasteiger partial charge in [-0.2, -0.15) is 0 Å². The van der Waals surface area contributed by atoms with Crippen molar-refractivity contribution in [3.8, 4) is 0 Å². The first-order valence-corrected chi connectivity index (χ1v) is 7.38. The van der Waals surface area contributed by atoms with E-state index in [-0.39, 0.29) is 12.5 Å². The quantitative estimate of drug-likeness (QED) is 0.811. The van der Waals surface area contributed by atoms with Gasteiger partial charge in [-0.25, -0.2) is 0 Å². The van der Waals surface area contributed by atoms with Gasteiger partial charge in [0.2, 0.25) is 0 Å². The minimum Gasteiger partial charge on any atom is -0.397 e. The molecule has 4 N–H and O–H groups in total. The van der Waals surface area contributed by atoms with Crippen molar-refractivity contribution in [1.82, 2.24) is 5.32 Å². The number of carbonyl (C=O) groups is 1. The molecule has 2 rings (SSSR count). The van der Waals surface area contributed by atoms with Crippen LogP contribution in [0.4, 0.5) is 5.69 Å². The number of benzene rings is 1. The molecule has 20 heavy (non-hydrogen) atoms. The fourth-order valence-corrected chi connectivity index (χ4v) is 3.21. The first-order valence-electron chi connectivity index (χ1n) is 6.56. The standard InChI is InChI=1S/C15H20N2O2S/c1-9-4-5-10-11(8-9)20-13(12(10)16)14(19)17-15(2,3)6-7-18/h4-5,8,18H,6-7,16H2,1-3H3,(H,17,19). The highest BCUT2D eigenvalue weighted by Gasteiger charge is 2.23. The average molecular weight is 292 g/mol. The predicted molar refractivity (Wildman–Crippen MR) is 84.2 cm³/mol. The van der Waals surface area contributed by atoms with Crippen molar-refractivity contribution in [2.75, 3.05) is 12.3 Å². The number of nitrogens with one attached hydrogen (secondary N) is 1. The number of aliphatic hydroxyl groups excluding tert-OH is 1. The summed E-state index contributed by atoms with van der Waals surface area (Å²) < 4.78 is 1.02. The monoisotopic (exact) mass is 292 g/mol. The van der Waals surface area contributed by atoms with Gasteiger partial charge < -0.3 is 16.2 Å². The van der Waals surface area contributed by atoms with E-state index in [9.17, 15) is 4.79 Å². The highest BCUT2D eigenvalue weighted by Crippen LogP contribution is 2.34. The fourth-order valence-electron chi connectivity index (χ4n) is 2.10. The van der Waals surface area contributed by atoms with Crippen LogP contribution in [0.15, 0.2) is 18.2 Å². The normalized spacial score (nSPS) is 11.8. The molecule has 1 aromatic heterocycles. The molecule has 0 radical (unpaired) electrons. The molecule has 2 aromatic rings. The van der Waals surface area contributed by atoms with E-state index in [1.165, 1.54) is 11.3 Å². The molecule has 0 unspecified atom stereocenters. The molecule has 108 valence electrons. The van der Waals surface area contributed by atoms with E-state index >= 15 is 0 Å². The molecular formula is C15H20N2O2S. The van der Waals surface area contributed by atoms with Gasteiger partial charge in [-0.15, -0.1) is 11.3 Å². The number of nitrogens with two attached hydrogens (primary N) is 1. The van der Waals surface area contributed by atoms with E-state index < -0.39 is 5.54 Å². The molecule has 0 saturated carbocycles. The maximum atomic E-state index is 12.3. The summed E-state index contributed by atoms with van der Waals surface area (Å²) >= 11 is 1.41. The summed E-state index contributed by atoms with van der Waals surface area (Å²) in [6, 6.07) is 5.97. The molecule has 1 amide bonds. The topological polar surface area (TPSA) is 75.4 Å². The number of aryl methyl sites for hydroxylation is 1. The predicted octanol–water partition coefficient (Wildman–Crippen LogP) is 2.68. The SMILES string of the molecule is Cc1ccc2c(N)c(C(=O)NC(C)(C)CCO)sc2c1. The van der Waals surface area contributed by atoms with E-state index in [1.807, 2.05) is 39.0 Å². The van der Waals surface area contributed by atoms with Crippen molar-refractivity contribution in [2.24, 2.45) is 0 Å². The Morgan fingerprint density at radius 1 is 1.45 bits per heavy atom. The lowest BCUT2D eigenvalue weighted by Crippen LogP contribution is -2.43. The van der Waals surface area contributed by atoms with Gasteiger partial charge in [0.1, 0.15) is 4.88 Å². The second-order valence-corrected chi connectivity index (χ2v) is 6.71. The van der Waals surface area contributed by atoms with E-state index in [1.54, 1.807) is 0 Å². The molecule has 1 heterocycles. The van der Waals surface area contributed by atoms with Crippen LogP contribution in [0.2, 0.25) is 0 Å². The van der Waals surface area contributed by atoms with Crippen LogP contribution in [0.1, 0.15) is 35.5 Å². The number of hydrogen-bond acceptors (Lipinski definition) is 4. The number of fused-ring (bicyclic) bond motifs is 1. The van der Waals surface area contributed by atoms with Gasteiger partial charge in [-0.1, -0.05) is 12.1 Å². The summed E-state index contributed by atoms with van der Waals surface area (Å²) in [4.78, 5) is 12.9. The lowest BCUT2D eigenvalue weighted by molar-refractivity contribution is 0.0904. The van der Waals surface area contributed by atoms with Crippen LogP contribution in [0, 0.1) is 6.92 Å². The molecule has 0 fully saturated rings. The Hall–Kier alpha value is -1.59. The Kier molecular flexibility index (Phi) is 4.01. The van der Waals surface area contributed by atoms with Crippen molar-refractivity contribution in [2.45, 2.75) is 32.7 Å². The van der Waals surface area contributed by atoms with Crippen molar-refractivity contribution in [1.29, 1.82) is 0 Å². The number of anilines is 1. The smallest absolute Gasteiger partial charge is 0.263 e. The van der Waals surface area contributed by atoms with Gasteiger partial charge in [0.25, 0.3) is 5.91 Å². The number of aliphatic hydroxyl groups is 1. The van der Waals surface area contributed by atoms with Gasteiger partial charge >= 0.3 is 0 Å². The third-order valence-corrected chi connectivity index (χ3v) is 4.45. The Morgan fingerprint density at radius 2 is 2.15 bits per heavy atom. The molecule has 4 nitrogen and oxygen atoms in total. The van der Waals surface area contributed by atoms with Gasteiger partial charge in [-0.3, -0.25) is 4.79 Å². The van der Waals surface area contributed by atoms with Crippen LogP contribution < -0.4 is 11.1 Å². The number of nitrogen functional groups attached to an aromatic ring is 1. The minimum atomic E-state index is -0.454. The van der Waals surface area contributed by atoms with Gasteiger partial charge in [0, 0.05) is 22.2 Å². The lowest BCUT2D eigenvalue weighted by Gasteiger charge is -2.25. The van der Waals surface area contributed by atoms with Crippen LogP contribution in [0.25, 0.3) is 10.1 Å². The summed E-state index contributed by atoms with van der Waals surface area (Å²) in [6.45, 7) is 5.82. The Bertz CT molecular complexity index is 647. The summed E-state index contributed by atoms with van der Waals surface area (Å²) in [5, 5.41) is 12.9. The second-order valence-electron chi connectivity index (χ2n) is 5.66. The molecule has 0 saturated heterocycles. The Balaban J connectivity index is 2.33. The summed E-state index contributed by atoms with van der Waals surface area (Å²) in [6.07, 6.45) is 0.503. The molecule has 0 aliphatic heterocycles. The highest BCUT2D eigenvalue weighted by atomic mass is 32.1. The second kappa shape index (κ2) is 5.42. The minimum absolute atomic E-state index is 0.0361. The average Bonchev–Trinajstić information content (AvgIpc) is 2.65. The van der Waals surface area contributed by atoms with Crippen LogP contribution in [-0.4, -0.2) is 23.2 Å². The zero-order valence-electron chi connectivity index (χ0n) is 12.0. The third-order valence-electron chi connectivity index (χ3n) is 3.28. The number of hydrogen-bond donors (Lipinski definition) is 3. The molecule has 5 heteroatoms. The van der Waals surface area contributed by atoms with Gasteiger partial charge in [0.05, 0.1) is 5.69 Å². The Morgan fingerprint density at radius 3 is 2.80 bits per heavy atom. The zero-order valence-corrected chi connectivity index (χ0v) is 12.8. The molecule has 0 aliphatic rings. The molecular weight excluding hydrogens is 272 g/mol. The largest absolute Gasteiger partial charge is 0.397 e. The van der Waals surface area contributed by atoms with Crippen molar-refractivity contribution >= 4 is 33.0 Å². The van der Waals surface area contributed by atoms with Crippen LogP contribution >= 0.6 is 11.3 Å². The maximum Gasteiger partial charge on any atom is 0.263 e. The van der Waals surface area contributed by atoms with Crippen molar-refractivity contribution < 1.29 is 9.90 Å². The van der Waals surface area contributed by atoms with Crippen molar-refractivity contribution in [3.63, 3.8) is 0 Å². The lowest BCUT2D eigenvalue weighted by atomic mass is 10.0. The zero-order chi connectivity index (χ0) is 14.9. The van der Waals surface area contributed by atoms with Crippen LogP contribution in [0.3, 0.4) is 0 Å². The highest BCUT2D eigenvalue weighted by molar-refractivity contribution is 7.21. The molecule has 0 bridgehead atoms. The number of thiophene rings is 1. The van der Waals surface area contributed by atoms with Crippen molar-refractivity contribution in [3.05, 3.63) is 28.6 Å². The van der Waals surface area contributed by atoms with E-state index in [4.69, 9.17) is 10.8 Å². The van der Waals surface area contributed by atoms with Crippen LogP contribution in [-0.2, 0) is 0 Å². The molecule has 1 aromatic carbocycles. The Labute approximate surface area is 122 Å². The van der Waals surface area contributed by atoms with Crippen LogP contribution in [0.5, 0.6) is 0 Å². The van der Waals surface area contributed by atoms with Gasteiger partial charge in [-0.05, 0) is 38.8 Å². The number of rotatable bonds is 4. The van der Waals surface area contributed by atoms with E-state index in [0.29, 0.717) is 17.0 Å². The fraction of sp³-hybridized carbons (Fsp3) is 0.400. The van der Waals surface area contributed by atoms with E-state index in [0.717, 1.165) is 15.6 Å². The van der Waals surface area contributed by atoms with Gasteiger partial charge in [0.15, 0.2) is 0 Å². The summed E-state index contributed by atoms with van der Waals surface area (Å²) in [7, 11) is 0. The summed E-state index contributed by atoms with van der Waals surface area (Å²) in [5.41, 5.74) is 7.30. The first-order chi connectivity index (χ1) is 9.34. The molecule has 0 atom stereocenters. The maximum absolute atomic E-state index is 12.3. The first kappa shape index (κ1) is 14.8. The number of amides is 1.